The number of hydrogen-bond donors (Lipinski definition) is 1. The van der Waals surface area contributed by atoms with Gasteiger partial charge in [-0.1, -0.05) is 79.5 Å². The number of benzene rings is 3. The van der Waals surface area contributed by atoms with Gasteiger partial charge in [-0.3, -0.25) is 13.9 Å². The maximum Gasteiger partial charge on any atom is 0.244 e. The summed E-state index contributed by atoms with van der Waals surface area (Å²) in [6.07, 6.45) is 3.04. The Kier molecular flexibility index (Phi) is 11.4. The lowest BCUT2D eigenvalue weighted by Crippen LogP contribution is -2.53. The standard InChI is InChI=1S/C29H33BrClN3O4S/c1-3-4-18-32-29(36)27(19-22-10-6-5-7-11-22)33(20-23-14-16-24(31)17-15-23)28(35)21-34(39(2,37)38)26-13-9-8-12-25(26)30/h5-17,27H,3-4,18-21H2,1-2H3,(H,32,36)/t27-/m1/s1. The summed E-state index contributed by atoms with van der Waals surface area (Å²) in [5.74, 6) is -0.792. The fourth-order valence-electron chi connectivity index (χ4n) is 4.10. The van der Waals surface area contributed by atoms with Crippen LogP contribution in [0.2, 0.25) is 5.02 Å². The van der Waals surface area contributed by atoms with Gasteiger partial charge in [0.15, 0.2) is 0 Å². The van der Waals surface area contributed by atoms with Gasteiger partial charge >= 0.3 is 0 Å². The number of hydrogen-bond acceptors (Lipinski definition) is 4. The summed E-state index contributed by atoms with van der Waals surface area (Å²) in [6, 6.07) is 22.4. The Balaban J connectivity index is 2.03. The van der Waals surface area contributed by atoms with Crippen molar-refractivity contribution in [3.05, 3.63) is 99.5 Å². The summed E-state index contributed by atoms with van der Waals surface area (Å²) < 4.78 is 27.3. The van der Waals surface area contributed by atoms with E-state index in [4.69, 9.17) is 11.6 Å². The molecule has 39 heavy (non-hydrogen) atoms. The summed E-state index contributed by atoms with van der Waals surface area (Å²) >= 11 is 9.48. The third-order valence-corrected chi connectivity index (χ3v) is 8.22. The second kappa shape index (κ2) is 14.5. The van der Waals surface area contributed by atoms with Gasteiger partial charge in [-0.15, -0.1) is 0 Å². The SMILES string of the molecule is CCCCNC(=O)[C@@H](Cc1ccccc1)N(Cc1ccc(Cl)cc1)C(=O)CN(c1ccccc1Br)S(C)(=O)=O. The third kappa shape index (κ3) is 9.08. The molecular formula is C29H33BrClN3O4S. The van der Waals surface area contributed by atoms with Crippen LogP contribution < -0.4 is 9.62 Å². The number of halogens is 2. The van der Waals surface area contributed by atoms with Crippen molar-refractivity contribution in [1.82, 2.24) is 10.2 Å². The Morgan fingerprint density at radius 2 is 1.59 bits per heavy atom. The summed E-state index contributed by atoms with van der Waals surface area (Å²) in [4.78, 5) is 29.0. The van der Waals surface area contributed by atoms with E-state index >= 15 is 0 Å². The van der Waals surface area contributed by atoms with Gasteiger partial charge in [-0.25, -0.2) is 8.42 Å². The van der Waals surface area contributed by atoms with Crippen LogP contribution in [-0.4, -0.2) is 50.5 Å². The predicted octanol–water partition coefficient (Wildman–Crippen LogP) is 5.42. The van der Waals surface area contributed by atoms with E-state index in [0.29, 0.717) is 21.7 Å². The average molecular weight is 635 g/mol. The van der Waals surface area contributed by atoms with Crippen LogP contribution in [0.15, 0.2) is 83.3 Å². The molecule has 3 aromatic rings. The van der Waals surface area contributed by atoms with Gasteiger partial charge in [-0.2, -0.15) is 0 Å². The second-order valence-electron chi connectivity index (χ2n) is 9.22. The molecule has 3 rings (SSSR count). The molecular weight excluding hydrogens is 602 g/mol. The number of nitrogens with zero attached hydrogens (tertiary/aromatic N) is 2. The predicted molar refractivity (Wildman–Crippen MR) is 160 cm³/mol. The Morgan fingerprint density at radius 1 is 0.949 bits per heavy atom. The summed E-state index contributed by atoms with van der Waals surface area (Å²) in [5, 5.41) is 3.51. The average Bonchev–Trinajstić information content (AvgIpc) is 2.91. The number of anilines is 1. The number of carbonyl (C=O) groups excluding carboxylic acids is 2. The Labute approximate surface area is 244 Å². The van der Waals surface area contributed by atoms with E-state index < -0.39 is 28.5 Å². The second-order valence-corrected chi connectivity index (χ2v) is 12.4. The van der Waals surface area contributed by atoms with Crippen molar-refractivity contribution >= 4 is 55.1 Å². The maximum atomic E-state index is 14.0. The molecule has 0 bridgehead atoms. The molecule has 0 aliphatic rings. The van der Waals surface area contributed by atoms with E-state index in [1.807, 2.05) is 37.3 Å². The molecule has 7 nitrogen and oxygen atoms in total. The number of amides is 2. The molecule has 0 radical (unpaired) electrons. The minimum absolute atomic E-state index is 0.0995. The van der Waals surface area contributed by atoms with Crippen molar-refractivity contribution in [2.45, 2.75) is 38.8 Å². The Bertz CT molecular complexity index is 1350. The molecule has 3 aromatic carbocycles. The topological polar surface area (TPSA) is 86.8 Å². The van der Waals surface area contributed by atoms with E-state index in [0.717, 1.165) is 34.5 Å². The maximum absolute atomic E-state index is 14.0. The highest BCUT2D eigenvalue weighted by Gasteiger charge is 2.33. The van der Waals surface area contributed by atoms with Crippen molar-refractivity contribution in [2.24, 2.45) is 0 Å². The van der Waals surface area contributed by atoms with E-state index in [-0.39, 0.29) is 18.9 Å². The van der Waals surface area contributed by atoms with E-state index in [1.54, 1.807) is 48.5 Å². The van der Waals surface area contributed by atoms with Gasteiger partial charge < -0.3 is 10.2 Å². The highest BCUT2D eigenvalue weighted by molar-refractivity contribution is 9.10. The lowest BCUT2D eigenvalue weighted by Gasteiger charge is -2.33. The number of carbonyl (C=O) groups is 2. The molecule has 0 heterocycles. The molecule has 0 saturated heterocycles. The molecule has 0 saturated carbocycles. The van der Waals surface area contributed by atoms with Crippen LogP contribution in [0.4, 0.5) is 5.69 Å². The minimum Gasteiger partial charge on any atom is -0.354 e. The fourth-order valence-corrected chi connectivity index (χ4v) is 5.70. The van der Waals surface area contributed by atoms with E-state index in [1.165, 1.54) is 4.90 Å². The molecule has 1 atom stereocenters. The van der Waals surface area contributed by atoms with Crippen LogP contribution in [0, 0.1) is 0 Å². The molecule has 0 aliphatic carbocycles. The van der Waals surface area contributed by atoms with Gasteiger partial charge in [0.05, 0.1) is 11.9 Å². The van der Waals surface area contributed by atoms with Crippen LogP contribution in [0.5, 0.6) is 0 Å². The lowest BCUT2D eigenvalue weighted by atomic mass is 10.0. The molecule has 0 fully saturated rings. The molecule has 2 amide bonds. The first kappa shape index (κ1) is 30.7. The highest BCUT2D eigenvalue weighted by Crippen LogP contribution is 2.28. The van der Waals surface area contributed by atoms with Gasteiger partial charge in [0, 0.05) is 29.0 Å². The van der Waals surface area contributed by atoms with Crippen molar-refractivity contribution < 1.29 is 18.0 Å². The van der Waals surface area contributed by atoms with E-state index in [9.17, 15) is 18.0 Å². The summed E-state index contributed by atoms with van der Waals surface area (Å²) in [7, 11) is -3.83. The van der Waals surface area contributed by atoms with Gasteiger partial charge in [-0.05, 0) is 57.7 Å². The fraction of sp³-hybridized carbons (Fsp3) is 0.310. The number of nitrogens with one attached hydrogen (secondary N) is 1. The quantitative estimate of drug-likeness (QED) is 0.254. The minimum atomic E-state index is -3.83. The van der Waals surface area contributed by atoms with Crippen molar-refractivity contribution in [1.29, 1.82) is 0 Å². The zero-order chi connectivity index (χ0) is 28.4. The largest absolute Gasteiger partial charge is 0.354 e. The Morgan fingerprint density at radius 3 is 2.21 bits per heavy atom. The zero-order valence-corrected chi connectivity index (χ0v) is 25.2. The van der Waals surface area contributed by atoms with Gasteiger partial charge in [0.2, 0.25) is 21.8 Å². The smallest absolute Gasteiger partial charge is 0.244 e. The lowest BCUT2D eigenvalue weighted by molar-refractivity contribution is -0.140. The summed E-state index contributed by atoms with van der Waals surface area (Å²) in [5.41, 5.74) is 1.98. The molecule has 0 aliphatic heterocycles. The molecule has 0 unspecified atom stereocenters. The zero-order valence-electron chi connectivity index (χ0n) is 22.0. The molecule has 208 valence electrons. The van der Waals surface area contributed by atoms with Crippen LogP contribution in [0.1, 0.15) is 30.9 Å². The molecule has 0 spiro atoms. The molecule has 1 N–H and O–H groups in total. The number of sulfonamides is 1. The molecule has 10 heteroatoms. The third-order valence-electron chi connectivity index (χ3n) is 6.17. The van der Waals surface area contributed by atoms with Gasteiger partial charge in [0.25, 0.3) is 0 Å². The van der Waals surface area contributed by atoms with Crippen molar-refractivity contribution in [3.63, 3.8) is 0 Å². The summed E-state index contributed by atoms with van der Waals surface area (Å²) in [6.45, 7) is 2.15. The number of rotatable bonds is 13. The normalized spacial score (nSPS) is 12.0. The first-order chi connectivity index (χ1) is 18.6. The first-order valence-electron chi connectivity index (χ1n) is 12.7. The van der Waals surface area contributed by atoms with E-state index in [2.05, 4.69) is 21.2 Å². The Hall–Kier alpha value is -2.88. The van der Waals surface area contributed by atoms with Crippen LogP contribution in [-0.2, 0) is 32.6 Å². The van der Waals surface area contributed by atoms with Crippen molar-refractivity contribution in [3.8, 4) is 0 Å². The molecule has 0 aromatic heterocycles. The highest BCUT2D eigenvalue weighted by atomic mass is 79.9. The monoisotopic (exact) mass is 633 g/mol. The van der Waals surface area contributed by atoms with Crippen LogP contribution in [0.25, 0.3) is 0 Å². The first-order valence-corrected chi connectivity index (χ1v) is 15.7. The number of para-hydroxylation sites is 1. The van der Waals surface area contributed by atoms with Crippen molar-refractivity contribution in [2.75, 3.05) is 23.7 Å². The van der Waals surface area contributed by atoms with Crippen LogP contribution in [0.3, 0.4) is 0 Å². The number of unbranched alkanes of at least 4 members (excludes halogenated alkanes) is 1. The van der Waals surface area contributed by atoms with Crippen LogP contribution >= 0.6 is 27.5 Å². The van der Waals surface area contributed by atoms with Gasteiger partial charge in [0.1, 0.15) is 12.6 Å².